The second-order valence-corrected chi connectivity index (χ2v) is 6.13. The third-order valence-corrected chi connectivity index (χ3v) is 4.04. The molecule has 0 amide bonds. The first-order valence-corrected chi connectivity index (χ1v) is 6.84. The van der Waals surface area contributed by atoms with E-state index in [4.69, 9.17) is 0 Å². The molecule has 7 heteroatoms. The molecule has 0 aromatic rings. The van der Waals surface area contributed by atoms with Gasteiger partial charge in [0.15, 0.2) is 5.92 Å². The standard InChI is InChI=1S/C14H17F5O2/c1-7(2)6-21-12(20)11(14(17,18)19)10-8-3-4-9(5-8)13(10,15)16/h3-4,7-11H,5-6H2,1-2H3. The van der Waals surface area contributed by atoms with Crippen LogP contribution >= 0.6 is 0 Å². The van der Waals surface area contributed by atoms with E-state index in [0.29, 0.717) is 0 Å². The molecule has 4 unspecified atom stereocenters. The van der Waals surface area contributed by atoms with Gasteiger partial charge < -0.3 is 4.74 Å². The Bertz CT molecular complexity index is 441. The Labute approximate surface area is 119 Å². The average Bonchev–Trinajstić information content (AvgIpc) is 2.87. The van der Waals surface area contributed by atoms with Gasteiger partial charge in [0.2, 0.25) is 0 Å². The minimum absolute atomic E-state index is 0.0400. The molecule has 0 aromatic heterocycles. The van der Waals surface area contributed by atoms with Crippen molar-refractivity contribution in [3.63, 3.8) is 0 Å². The van der Waals surface area contributed by atoms with Crippen molar-refractivity contribution in [1.29, 1.82) is 0 Å². The van der Waals surface area contributed by atoms with E-state index in [2.05, 4.69) is 4.74 Å². The Kier molecular flexibility index (Phi) is 4.06. The van der Waals surface area contributed by atoms with Crippen LogP contribution in [0.4, 0.5) is 22.0 Å². The Balaban J connectivity index is 2.25. The number of halogens is 5. The van der Waals surface area contributed by atoms with Crippen molar-refractivity contribution < 1.29 is 31.5 Å². The summed E-state index contributed by atoms with van der Waals surface area (Å²) in [6, 6.07) is 0. The van der Waals surface area contributed by atoms with Gasteiger partial charge in [0.25, 0.3) is 5.92 Å². The maximum absolute atomic E-state index is 14.1. The molecule has 120 valence electrons. The van der Waals surface area contributed by atoms with E-state index in [1.165, 1.54) is 12.2 Å². The highest BCUT2D eigenvalue weighted by Crippen LogP contribution is 2.58. The third kappa shape index (κ3) is 2.92. The third-order valence-electron chi connectivity index (χ3n) is 4.04. The Morgan fingerprint density at radius 1 is 1.33 bits per heavy atom. The van der Waals surface area contributed by atoms with Crippen LogP contribution in [0.5, 0.6) is 0 Å². The summed E-state index contributed by atoms with van der Waals surface area (Å²) >= 11 is 0. The molecule has 2 aliphatic carbocycles. The van der Waals surface area contributed by atoms with Crippen LogP contribution in [0.2, 0.25) is 0 Å². The van der Waals surface area contributed by atoms with Gasteiger partial charge in [-0.25, -0.2) is 8.78 Å². The zero-order valence-corrected chi connectivity index (χ0v) is 11.7. The zero-order chi connectivity index (χ0) is 16.0. The van der Waals surface area contributed by atoms with Gasteiger partial charge in [-0.15, -0.1) is 0 Å². The number of carbonyl (C=O) groups excluding carboxylic acids is 1. The van der Waals surface area contributed by atoms with Crippen molar-refractivity contribution in [2.24, 2.45) is 29.6 Å². The van der Waals surface area contributed by atoms with Gasteiger partial charge in [-0.05, 0) is 18.3 Å². The second-order valence-electron chi connectivity index (χ2n) is 6.13. The zero-order valence-electron chi connectivity index (χ0n) is 11.7. The van der Waals surface area contributed by atoms with E-state index in [9.17, 15) is 26.7 Å². The molecule has 0 heterocycles. The minimum Gasteiger partial charge on any atom is -0.465 e. The average molecular weight is 312 g/mol. The van der Waals surface area contributed by atoms with Gasteiger partial charge in [0, 0.05) is 5.92 Å². The van der Waals surface area contributed by atoms with E-state index in [0.717, 1.165) is 0 Å². The Morgan fingerprint density at radius 3 is 2.38 bits per heavy atom. The lowest BCUT2D eigenvalue weighted by atomic mass is 9.79. The van der Waals surface area contributed by atoms with Crippen LogP contribution in [-0.4, -0.2) is 24.7 Å². The van der Waals surface area contributed by atoms with Gasteiger partial charge in [-0.1, -0.05) is 26.0 Å². The highest BCUT2D eigenvalue weighted by Gasteiger charge is 2.67. The van der Waals surface area contributed by atoms with Crippen molar-refractivity contribution in [1.82, 2.24) is 0 Å². The van der Waals surface area contributed by atoms with E-state index < -0.39 is 41.7 Å². The quantitative estimate of drug-likeness (QED) is 0.448. The largest absolute Gasteiger partial charge is 0.465 e. The van der Waals surface area contributed by atoms with Gasteiger partial charge in [-0.2, -0.15) is 13.2 Å². The van der Waals surface area contributed by atoms with Crippen molar-refractivity contribution in [2.45, 2.75) is 32.4 Å². The molecule has 0 saturated heterocycles. The summed E-state index contributed by atoms with van der Waals surface area (Å²) < 4.78 is 72.2. The smallest absolute Gasteiger partial charge is 0.402 e. The summed E-state index contributed by atoms with van der Waals surface area (Å²) in [5.74, 6) is -12.3. The Hall–Kier alpha value is -1.14. The number of ether oxygens (including phenoxy) is 1. The van der Waals surface area contributed by atoms with E-state index >= 15 is 0 Å². The highest BCUT2D eigenvalue weighted by molar-refractivity contribution is 5.74. The summed E-state index contributed by atoms with van der Waals surface area (Å²) in [5, 5.41) is 0. The molecule has 2 rings (SSSR count). The molecular weight excluding hydrogens is 295 g/mol. The normalized spacial score (nSPS) is 31.7. The topological polar surface area (TPSA) is 26.3 Å². The fourth-order valence-electron chi connectivity index (χ4n) is 3.10. The monoisotopic (exact) mass is 312 g/mol. The number of allylic oxidation sites excluding steroid dienone is 2. The van der Waals surface area contributed by atoms with Crippen LogP contribution in [0.25, 0.3) is 0 Å². The predicted octanol–water partition coefficient (Wildman–Crippen LogP) is 3.82. The fraction of sp³-hybridized carbons (Fsp3) is 0.786. The van der Waals surface area contributed by atoms with Crippen LogP contribution in [0.3, 0.4) is 0 Å². The molecule has 2 bridgehead atoms. The number of rotatable bonds is 4. The van der Waals surface area contributed by atoms with Crippen LogP contribution < -0.4 is 0 Å². The number of alkyl halides is 5. The second kappa shape index (κ2) is 5.25. The molecule has 4 atom stereocenters. The van der Waals surface area contributed by atoms with E-state index in [1.807, 2.05) is 0 Å². The highest BCUT2D eigenvalue weighted by atomic mass is 19.4. The lowest BCUT2D eigenvalue weighted by Crippen LogP contribution is -2.48. The van der Waals surface area contributed by atoms with Gasteiger partial charge in [0.1, 0.15) is 0 Å². The number of esters is 1. The molecule has 2 nitrogen and oxygen atoms in total. The minimum atomic E-state index is -5.04. The molecule has 1 saturated carbocycles. The Morgan fingerprint density at radius 2 is 1.95 bits per heavy atom. The van der Waals surface area contributed by atoms with Gasteiger partial charge >= 0.3 is 12.1 Å². The molecular formula is C14H17F5O2. The lowest BCUT2D eigenvalue weighted by molar-refractivity contribution is -0.231. The number of fused-ring (bicyclic) bond motifs is 2. The summed E-state index contributed by atoms with van der Waals surface area (Å²) in [7, 11) is 0. The molecule has 0 aliphatic heterocycles. The maximum atomic E-state index is 14.1. The van der Waals surface area contributed by atoms with Gasteiger partial charge in [-0.3, -0.25) is 4.79 Å². The number of carbonyl (C=O) groups is 1. The van der Waals surface area contributed by atoms with Crippen molar-refractivity contribution in [3.8, 4) is 0 Å². The van der Waals surface area contributed by atoms with E-state index in [1.54, 1.807) is 13.8 Å². The van der Waals surface area contributed by atoms with Crippen LogP contribution in [0, 0.1) is 29.6 Å². The summed E-state index contributed by atoms with van der Waals surface area (Å²) in [6.45, 7) is 3.10. The molecule has 0 N–H and O–H groups in total. The first-order chi connectivity index (χ1) is 9.55. The fourth-order valence-corrected chi connectivity index (χ4v) is 3.10. The molecule has 2 aliphatic rings. The number of hydrogen-bond acceptors (Lipinski definition) is 2. The van der Waals surface area contributed by atoms with Gasteiger partial charge in [0.05, 0.1) is 12.5 Å². The van der Waals surface area contributed by atoms with Crippen LogP contribution in [-0.2, 0) is 9.53 Å². The SMILES string of the molecule is CC(C)COC(=O)C(C1C2C=CC(C2)C1(F)F)C(F)(F)F. The van der Waals surface area contributed by atoms with Crippen LogP contribution in [0.1, 0.15) is 20.3 Å². The molecule has 0 aromatic carbocycles. The van der Waals surface area contributed by atoms with Crippen molar-refractivity contribution >= 4 is 5.97 Å². The maximum Gasteiger partial charge on any atom is 0.402 e. The van der Waals surface area contributed by atoms with Crippen LogP contribution in [0.15, 0.2) is 12.2 Å². The molecule has 21 heavy (non-hydrogen) atoms. The first-order valence-electron chi connectivity index (χ1n) is 6.84. The van der Waals surface area contributed by atoms with Crippen molar-refractivity contribution in [3.05, 3.63) is 12.2 Å². The van der Waals surface area contributed by atoms with E-state index in [-0.39, 0.29) is 18.9 Å². The summed E-state index contributed by atoms with van der Waals surface area (Å²) in [4.78, 5) is 11.7. The molecule has 0 spiro atoms. The number of hydrogen-bond donors (Lipinski definition) is 0. The molecule has 0 radical (unpaired) electrons. The summed E-state index contributed by atoms with van der Waals surface area (Å²) in [6.07, 6.45) is -2.47. The summed E-state index contributed by atoms with van der Waals surface area (Å²) in [5.41, 5.74) is 0. The first kappa shape index (κ1) is 16.2. The van der Waals surface area contributed by atoms with Crippen molar-refractivity contribution in [2.75, 3.05) is 6.61 Å². The predicted molar refractivity (Wildman–Crippen MR) is 64.5 cm³/mol. The molecule has 1 fully saturated rings. The lowest BCUT2D eigenvalue weighted by Gasteiger charge is -2.34.